The summed E-state index contributed by atoms with van der Waals surface area (Å²) in [5.41, 5.74) is -5.71. The van der Waals surface area contributed by atoms with Gasteiger partial charge >= 0.3 is 24.7 Å². The number of halogens is 12. The van der Waals surface area contributed by atoms with Crippen LogP contribution in [0.1, 0.15) is 22.3 Å². The van der Waals surface area contributed by atoms with E-state index in [1.165, 1.54) is 16.7 Å². The first-order valence-electron chi connectivity index (χ1n) is 17.3. The van der Waals surface area contributed by atoms with Crippen molar-refractivity contribution in [1.82, 2.24) is 19.5 Å². The van der Waals surface area contributed by atoms with E-state index in [2.05, 4.69) is 15.0 Å². The van der Waals surface area contributed by atoms with Gasteiger partial charge in [-0.3, -0.25) is 0 Å². The molecule has 0 saturated heterocycles. The molecule has 0 saturated carbocycles. The van der Waals surface area contributed by atoms with Gasteiger partial charge in [0.05, 0.1) is 33.3 Å². The predicted octanol–water partition coefficient (Wildman–Crippen LogP) is 13.7. The zero-order valence-corrected chi connectivity index (χ0v) is 29.5. The molecule has 0 atom stereocenters. The Hall–Kier alpha value is -6.71. The van der Waals surface area contributed by atoms with Crippen molar-refractivity contribution >= 4 is 21.8 Å². The van der Waals surface area contributed by atoms with Gasteiger partial charge in [-0.1, -0.05) is 72.8 Å². The highest BCUT2D eigenvalue weighted by molar-refractivity contribution is 6.10. The summed E-state index contributed by atoms with van der Waals surface area (Å²) in [5, 5.41) is -0.432. The Labute approximate surface area is 325 Å². The van der Waals surface area contributed by atoms with E-state index < -0.39 is 52.5 Å². The predicted molar refractivity (Wildman–Crippen MR) is 196 cm³/mol. The number of benzene rings is 6. The minimum atomic E-state index is -5.31. The summed E-state index contributed by atoms with van der Waals surface area (Å²) in [6.07, 6.45) is -20.2. The lowest BCUT2D eigenvalue weighted by atomic mass is 9.92. The molecule has 0 aliphatic rings. The molecule has 0 N–H and O–H groups in total. The monoisotopic (exact) mass is 822 g/mol. The summed E-state index contributed by atoms with van der Waals surface area (Å²) >= 11 is 0. The molecular weight excluding hydrogens is 800 g/mol. The molecule has 4 nitrogen and oxygen atoms in total. The molecule has 0 bridgehead atoms. The normalized spacial score (nSPS) is 12.7. The van der Waals surface area contributed by atoms with Crippen LogP contribution in [0.25, 0.3) is 72.8 Å². The van der Waals surface area contributed by atoms with Gasteiger partial charge in [-0.2, -0.15) is 52.7 Å². The van der Waals surface area contributed by atoms with E-state index in [0.29, 0.717) is 35.4 Å². The summed E-state index contributed by atoms with van der Waals surface area (Å²) in [6, 6.07) is 26.6. The smallest absolute Gasteiger partial charge is 0.309 e. The third-order valence-electron chi connectivity index (χ3n) is 9.56. The van der Waals surface area contributed by atoms with Crippen molar-refractivity contribution in [2.75, 3.05) is 0 Å². The maximum atomic E-state index is 14.7. The van der Waals surface area contributed by atoms with Gasteiger partial charge in [0.25, 0.3) is 0 Å². The molecule has 2 heterocycles. The number of hydrogen-bond acceptors (Lipinski definition) is 3. The van der Waals surface area contributed by atoms with Crippen molar-refractivity contribution < 1.29 is 52.7 Å². The highest BCUT2D eigenvalue weighted by Gasteiger charge is 2.39. The van der Waals surface area contributed by atoms with Crippen molar-refractivity contribution in [1.29, 1.82) is 0 Å². The van der Waals surface area contributed by atoms with E-state index in [0.717, 1.165) is 30.3 Å². The van der Waals surface area contributed by atoms with Crippen LogP contribution in [0.3, 0.4) is 0 Å². The summed E-state index contributed by atoms with van der Waals surface area (Å²) in [5.74, 6) is -0.127. The summed E-state index contributed by atoms with van der Waals surface area (Å²) < 4.78 is 170. The molecule has 6 aromatic carbocycles. The largest absolute Gasteiger partial charge is 0.417 e. The van der Waals surface area contributed by atoms with Gasteiger partial charge in [-0.25, -0.2) is 15.0 Å². The number of alkyl halides is 12. The number of rotatable bonds is 5. The van der Waals surface area contributed by atoms with Crippen molar-refractivity contribution in [2.24, 2.45) is 0 Å². The number of fused-ring (bicyclic) bond motifs is 3. The molecule has 0 radical (unpaired) electrons. The maximum absolute atomic E-state index is 14.7. The first-order valence-corrected chi connectivity index (χ1v) is 17.3. The first-order chi connectivity index (χ1) is 27.8. The molecule has 0 spiro atoms. The molecule has 8 rings (SSSR count). The van der Waals surface area contributed by atoms with Crippen LogP contribution in [0.15, 0.2) is 133 Å². The van der Waals surface area contributed by atoms with Crippen LogP contribution in [0.2, 0.25) is 0 Å². The van der Waals surface area contributed by atoms with E-state index in [1.54, 1.807) is 60.7 Å². The van der Waals surface area contributed by atoms with Crippen LogP contribution in [-0.4, -0.2) is 19.5 Å². The van der Waals surface area contributed by atoms with Crippen LogP contribution >= 0.6 is 0 Å². The van der Waals surface area contributed by atoms with Crippen LogP contribution in [0.5, 0.6) is 0 Å². The molecule has 0 aliphatic heterocycles. The van der Waals surface area contributed by atoms with Gasteiger partial charge in [0.1, 0.15) is 0 Å². The van der Waals surface area contributed by atoms with Crippen LogP contribution in [-0.2, 0) is 24.7 Å². The van der Waals surface area contributed by atoms with E-state index >= 15 is 0 Å². The van der Waals surface area contributed by atoms with E-state index in [9.17, 15) is 52.7 Å². The Kier molecular flexibility index (Phi) is 9.28. The minimum absolute atomic E-state index is 0.00197. The van der Waals surface area contributed by atoms with Gasteiger partial charge in [0.15, 0.2) is 17.5 Å². The lowest BCUT2D eigenvalue weighted by Gasteiger charge is -2.19. The van der Waals surface area contributed by atoms with Gasteiger partial charge in [0, 0.05) is 33.2 Å². The molecule has 0 unspecified atom stereocenters. The first kappa shape index (κ1) is 39.1. The summed E-state index contributed by atoms with van der Waals surface area (Å²) in [4.78, 5) is 13.8. The van der Waals surface area contributed by atoms with Crippen molar-refractivity contribution in [2.45, 2.75) is 24.7 Å². The Bertz CT molecular complexity index is 2750. The topological polar surface area (TPSA) is 43.6 Å². The average Bonchev–Trinajstić information content (AvgIpc) is 3.53. The summed E-state index contributed by atoms with van der Waals surface area (Å²) in [7, 11) is 0. The van der Waals surface area contributed by atoms with Crippen molar-refractivity contribution in [3.63, 3.8) is 0 Å². The highest BCUT2D eigenvalue weighted by Crippen LogP contribution is 2.45. The van der Waals surface area contributed by atoms with Crippen LogP contribution < -0.4 is 0 Å². The molecule has 0 amide bonds. The zero-order valence-electron chi connectivity index (χ0n) is 29.5. The Morgan fingerprint density at radius 1 is 0.356 bits per heavy atom. The maximum Gasteiger partial charge on any atom is 0.417 e. The molecule has 0 fully saturated rings. The lowest BCUT2D eigenvalue weighted by Crippen LogP contribution is -2.12. The second kappa shape index (κ2) is 14.0. The third-order valence-corrected chi connectivity index (χ3v) is 9.56. The second-order valence-electron chi connectivity index (χ2n) is 13.3. The molecule has 16 heteroatoms. The fourth-order valence-electron chi connectivity index (χ4n) is 6.86. The standard InChI is InChI=1S/C43H22F12N4/c44-40(45,46)25-12-17-35-31(19-25)32-20-26(41(47,48)49)13-18-36(32)59(35)28-14-16-29(30-15-11-27(42(50,51)52)21-34(30)43(53,54)55)33(22-28)39-57-37(23-7-3-1-4-8-23)56-38(58-39)24-9-5-2-6-10-24/h1-22H. The average molecular weight is 823 g/mol. The number of aromatic nitrogens is 4. The van der Waals surface area contributed by atoms with Crippen LogP contribution in [0, 0.1) is 0 Å². The van der Waals surface area contributed by atoms with E-state index in [1.807, 2.05) is 0 Å². The molecule has 2 aromatic heterocycles. The summed E-state index contributed by atoms with van der Waals surface area (Å²) in [6.45, 7) is 0. The van der Waals surface area contributed by atoms with Gasteiger partial charge in [-0.15, -0.1) is 0 Å². The molecular formula is C43H22F12N4. The Morgan fingerprint density at radius 2 is 0.780 bits per heavy atom. The zero-order chi connectivity index (χ0) is 42.1. The third kappa shape index (κ3) is 7.45. The van der Waals surface area contributed by atoms with Crippen molar-refractivity contribution in [3.8, 4) is 51.0 Å². The van der Waals surface area contributed by atoms with E-state index in [4.69, 9.17) is 0 Å². The lowest BCUT2D eigenvalue weighted by molar-refractivity contribution is -0.143. The minimum Gasteiger partial charge on any atom is -0.309 e. The SMILES string of the molecule is FC(F)(F)c1ccc(-c2ccc(-n3c4ccc(C(F)(F)F)cc4c4cc(C(F)(F)F)ccc43)cc2-c2nc(-c3ccccc3)nc(-c3ccccc3)n2)c(C(F)(F)F)c1. The second-order valence-corrected chi connectivity index (χ2v) is 13.3. The fraction of sp³-hybridized carbons (Fsp3) is 0.0930. The van der Waals surface area contributed by atoms with Gasteiger partial charge in [0.2, 0.25) is 0 Å². The Morgan fingerprint density at radius 3 is 1.24 bits per heavy atom. The van der Waals surface area contributed by atoms with Crippen molar-refractivity contribution in [3.05, 3.63) is 156 Å². The van der Waals surface area contributed by atoms with Gasteiger partial charge < -0.3 is 4.57 Å². The number of hydrogen-bond donors (Lipinski definition) is 0. The van der Waals surface area contributed by atoms with Crippen LogP contribution in [0.4, 0.5) is 52.7 Å². The Balaban J connectivity index is 1.47. The molecule has 8 aromatic rings. The quantitative estimate of drug-likeness (QED) is 0.162. The molecule has 298 valence electrons. The molecule has 59 heavy (non-hydrogen) atoms. The highest BCUT2D eigenvalue weighted by atomic mass is 19.4. The number of nitrogens with zero attached hydrogens (tertiary/aromatic N) is 4. The van der Waals surface area contributed by atoms with E-state index in [-0.39, 0.29) is 62.2 Å². The van der Waals surface area contributed by atoms with Gasteiger partial charge in [-0.05, 0) is 71.8 Å². The molecule has 0 aliphatic carbocycles. The fourth-order valence-corrected chi connectivity index (χ4v) is 6.86.